The van der Waals surface area contributed by atoms with E-state index in [0.717, 1.165) is 29.7 Å². The van der Waals surface area contributed by atoms with Gasteiger partial charge >= 0.3 is 0 Å². The summed E-state index contributed by atoms with van der Waals surface area (Å²) >= 11 is 3.53. The molecule has 1 N–H and O–H groups in total. The van der Waals surface area contributed by atoms with Crippen LogP contribution in [0.2, 0.25) is 0 Å². The Balaban J connectivity index is 2.09. The smallest absolute Gasteiger partial charge is 0.122 e. The van der Waals surface area contributed by atoms with Crippen molar-refractivity contribution < 1.29 is 4.74 Å². The Morgan fingerprint density at radius 3 is 2.76 bits per heavy atom. The summed E-state index contributed by atoms with van der Waals surface area (Å²) in [6.07, 6.45) is 3.77. The molecule has 1 aliphatic carbocycles. The number of methoxy groups -OCH3 is 1. The zero-order valence-corrected chi connectivity index (χ0v) is 12.1. The predicted molar refractivity (Wildman–Crippen MR) is 74.6 cm³/mol. The number of halogens is 1. The molecule has 0 atom stereocenters. The average Bonchev–Trinajstić information content (AvgIpc) is 3.07. The van der Waals surface area contributed by atoms with Gasteiger partial charge in [-0.05, 0) is 55.0 Å². The van der Waals surface area contributed by atoms with Gasteiger partial charge in [0.15, 0.2) is 0 Å². The van der Waals surface area contributed by atoms with Crippen LogP contribution in [0.15, 0.2) is 22.7 Å². The van der Waals surface area contributed by atoms with Crippen LogP contribution in [0.4, 0.5) is 0 Å². The van der Waals surface area contributed by atoms with Crippen LogP contribution < -0.4 is 10.1 Å². The number of hydrogen-bond donors (Lipinski definition) is 1. The van der Waals surface area contributed by atoms with Crippen molar-refractivity contribution in [3.05, 3.63) is 28.2 Å². The molecule has 0 spiro atoms. The first-order valence-corrected chi connectivity index (χ1v) is 7.01. The highest BCUT2D eigenvalue weighted by atomic mass is 79.9. The zero-order valence-electron chi connectivity index (χ0n) is 10.6. The van der Waals surface area contributed by atoms with Gasteiger partial charge in [0, 0.05) is 11.0 Å². The molecule has 1 saturated carbocycles. The van der Waals surface area contributed by atoms with E-state index in [1.807, 2.05) is 12.1 Å². The quantitative estimate of drug-likeness (QED) is 0.869. The molecular formula is C14H20BrNO. The van der Waals surface area contributed by atoms with Gasteiger partial charge in [-0.2, -0.15) is 0 Å². The Morgan fingerprint density at radius 2 is 2.18 bits per heavy atom. The third-order valence-electron chi connectivity index (χ3n) is 3.52. The zero-order chi connectivity index (χ0) is 12.3. The van der Waals surface area contributed by atoms with E-state index in [-0.39, 0.29) is 0 Å². The van der Waals surface area contributed by atoms with Crippen molar-refractivity contribution >= 4 is 15.9 Å². The molecule has 0 saturated heterocycles. The van der Waals surface area contributed by atoms with Gasteiger partial charge in [0.2, 0.25) is 0 Å². The molecule has 3 heteroatoms. The first-order valence-electron chi connectivity index (χ1n) is 6.22. The molecule has 1 aliphatic rings. The Bertz CT molecular complexity index is 388. The van der Waals surface area contributed by atoms with Crippen LogP contribution in [-0.2, 0) is 6.42 Å². The molecule has 0 amide bonds. The lowest BCUT2D eigenvalue weighted by atomic mass is 9.96. The second kappa shape index (κ2) is 5.40. The Hall–Kier alpha value is -0.540. The van der Waals surface area contributed by atoms with E-state index in [1.165, 1.54) is 18.4 Å². The molecule has 0 aliphatic heterocycles. The molecule has 0 unspecified atom stereocenters. The molecule has 1 aromatic rings. The minimum Gasteiger partial charge on any atom is -0.496 e. The summed E-state index contributed by atoms with van der Waals surface area (Å²) in [7, 11) is 1.75. The maximum absolute atomic E-state index is 5.44. The van der Waals surface area contributed by atoms with Gasteiger partial charge in [-0.15, -0.1) is 0 Å². The third kappa shape index (κ3) is 3.23. The van der Waals surface area contributed by atoms with E-state index in [1.54, 1.807) is 7.11 Å². The molecule has 0 heterocycles. The van der Waals surface area contributed by atoms with Crippen molar-refractivity contribution in [1.82, 2.24) is 5.32 Å². The lowest BCUT2D eigenvalue weighted by Crippen LogP contribution is -2.25. The standard InChI is InChI=1S/C14H20BrNO/c1-3-16-10-14(6-7-14)9-11-8-12(15)4-5-13(11)17-2/h4-5,8,16H,3,6-7,9-10H2,1-2H3. The lowest BCUT2D eigenvalue weighted by molar-refractivity contribution is 0.397. The summed E-state index contributed by atoms with van der Waals surface area (Å²) in [6, 6.07) is 6.26. The van der Waals surface area contributed by atoms with Crippen molar-refractivity contribution in [1.29, 1.82) is 0 Å². The van der Waals surface area contributed by atoms with Crippen molar-refractivity contribution in [2.45, 2.75) is 26.2 Å². The van der Waals surface area contributed by atoms with Gasteiger partial charge in [-0.25, -0.2) is 0 Å². The molecule has 2 nitrogen and oxygen atoms in total. The van der Waals surface area contributed by atoms with E-state index >= 15 is 0 Å². The van der Waals surface area contributed by atoms with Gasteiger partial charge in [0.1, 0.15) is 5.75 Å². The van der Waals surface area contributed by atoms with Gasteiger partial charge in [-0.3, -0.25) is 0 Å². The van der Waals surface area contributed by atoms with Crippen LogP contribution in [0.1, 0.15) is 25.3 Å². The highest BCUT2D eigenvalue weighted by Crippen LogP contribution is 2.49. The number of benzene rings is 1. The maximum atomic E-state index is 5.44. The summed E-state index contributed by atoms with van der Waals surface area (Å²) in [5.41, 5.74) is 1.79. The monoisotopic (exact) mass is 297 g/mol. The molecule has 2 rings (SSSR count). The number of hydrogen-bond acceptors (Lipinski definition) is 2. The summed E-state index contributed by atoms with van der Waals surface area (Å²) in [5.74, 6) is 1.01. The molecule has 1 aromatic carbocycles. The van der Waals surface area contributed by atoms with Crippen LogP contribution in [0.3, 0.4) is 0 Å². The summed E-state index contributed by atoms with van der Waals surface area (Å²) < 4.78 is 6.57. The summed E-state index contributed by atoms with van der Waals surface area (Å²) in [4.78, 5) is 0. The topological polar surface area (TPSA) is 21.3 Å². The molecule has 0 bridgehead atoms. The summed E-state index contributed by atoms with van der Waals surface area (Å²) in [6.45, 7) is 4.34. The minimum atomic E-state index is 0.476. The maximum Gasteiger partial charge on any atom is 0.122 e. The van der Waals surface area contributed by atoms with Crippen LogP contribution in [0.5, 0.6) is 5.75 Å². The second-order valence-corrected chi connectivity index (χ2v) is 5.83. The fraction of sp³-hybridized carbons (Fsp3) is 0.571. The molecular weight excluding hydrogens is 278 g/mol. The third-order valence-corrected chi connectivity index (χ3v) is 4.01. The first kappa shape index (κ1) is 12.9. The fourth-order valence-corrected chi connectivity index (χ4v) is 2.68. The Labute approximate surface area is 112 Å². The van der Waals surface area contributed by atoms with Gasteiger partial charge in [0.05, 0.1) is 7.11 Å². The van der Waals surface area contributed by atoms with Gasteiger partial charge < -0.3 is 10.1 Å². The SMILES string of the molecule is CCNCC1(Cc2cc(Br)ccc2OC)CC1. The average molecular weight is 298 g/mol. The minimum absolute atomic E-state index is 0.476. The number of ether oxygens (including phenoxy) is 1. The molecule has 94 valence electrons. The first-order chi connectivity index (χ1) is 8.19. The van der Waals surface area contributed by atoms with E-state index in [9.17, 15) is 0 Å². The van der Waals surface area contributed by atoms with E-state index < -0.39 is 0 Å². The van der Waals surface area contributed by atoms with Crippen molar-refractivity contribution in [2.75, 3.05) is 20.2 Å². The van der Waals surface area contributed by atoms with Gasteiger partial charge in [0.25, 0.3) is 0 Å². The van der Waals surface area contributed by atoms with Crippen LogP contribution in [-0.4, -0.2) is 20.2 Å². The second-order valence-electron chi connectivity index (χ2n) is 4.91. The fourth-order valence-electron chi connectivity index (χ4n) is 2.27. The van der Waals surface area contributed by atoms with Crippen molar-refractivity contribution in [3.63, 3.8) is 0 Å². The molecule has 1 fully saturated rings. The normalized spacial score (nSPS) is 16.9. The highest BCUT2D eigenvalue weighted by Gasteiger charge is 2.42. The van der Waals surface area contributed by atoms with Crippen LogP contribution in [0, 0.1) is 5.41 Å². The largest absolute Gasteiger partial charge is 0.496 e. The van der Waals surface area contributed by atoms with Crippen LogP contribution >= 0.6 is 15.9 Å². The Morgan fingerprint density at radius 1 is 1.41 bits per heavy atom. The Kier molecular flexibility index (Phi) is 4.10. The van der Waals surface area contributed by atoms with Gasteiger partial charge in [-0.1, -0.05) is 22.9 Å². The number of nitrogens with one attached hydrogen (secondary N) is 1. The predicted octanol–water partition coefficient (Wildman–Crippen LogP) is 3.39. The van der Waals surface area contributed by atoms with E-state index in [0.29, 0.717) is 5.41 Å². The van der Waals surface area contributed by atoms with E-state index in [4.69, 9.17) is 4.74 Å². The molecule has 0 aromatic heterocycles. The van der Waals surface area contributed by atoms with Crippen molar-refractivity contribution in [2.24, 2.45) is 5.41 Å². The van der Waals surface area contributed by atoms with Crippen molar-refractivity contribution in [3.8, 4) is 5.75 Å². The number of rotatable bonds is 6. The van der Waals surface area contributed by atoms with E-state index in [2.05, 4.69) is 34.2 Å². The van der Waals surface area contributed by atoms with Crippen LogP contribution in [0.25, 0.3) is 0 Å². The lowest BCUT2D eigenvalue weighted by Gasteiger charge is -2.17. The highest BCUT2D eigenvalue weighted by molar-refractivity contribution is 9.10. The molecule has 0 radical (unpaired) electrons. The molecule has 17 heavy (non-hydrogen) atoms. The summed E-state index contributed by atoms with van der Waals surface area (Å²) in [5, 5.41) is 3.47.